The fourth-order valence-corrected chi connectivity index (χ4v) is 2.96. The monoisotopic (exact) mass is 508 g/mol. The van der Waals surface area contributed by atoms with E-state index in [9.17, 15) is 31.9 Å². The second kappa shape index (κ2) is 10.7. The number of carboxylic acids is 1. The molecule has 9 nitrogen and oxygen atoms in total. The second-order valence-electron chi connectivity index (χ2n) is 6.98. The molecule has 0 aliphatic rings. The summed E-state index contributed by atoms with van der Waals surface area (Å²) in [6, 6.07) is 2.94. The summed E-state index contributed by atoms with van der Waals surface area (Å²) in [4.78, 5) is 15.4. The number of pyridine rings is 1. The van der Waals surface area contributed by atoms with Crippen molar-refractivity contribution in [2.75, 3.05) is 6.61 Å². The summed E-state index contributed by atoms with van der Waals surface area (Å²) in [7, 11) is 0. The summed E-state index contributed by atoms with van der Waals surface area (Å²) in [5.41, 5.74) is 6.79. The molecule has 34 heavy (non-hydrogen) atoms. The minimum atomic E-state index is -4.46. The highest BCUT2D eigenvalue weighted by Gasteiger charge is 2.48. The first-order chi connectivity index (χ1) is 15.5. The Morgan fingerprint density at radius 2 is 1.74 bits per heavy atom. The van der Waals surface area contributed by atoms with Crippen LogP contribution in [0.4, 0.5) is 22.0 Å². The molecule has 0 spiro atoms. The third kappa shape index (κ3) is 6.57. The van der Waals surface area contributed by atoms with E-state index >= 15 is 0 Å². The van der Waals surface area contributed by atoms with Crippen LogP contribution < -0.4 is 10.5 Å². The first-order valence-electron chi connectivity index (χ1n) is 9.32. The molecule has 3 rings (SSSR count). The van der Waals surface area contributed by atoms with Gasteiger partial charge in [0.25, 0.3) is 0 Å². The Hall–Kier alpha value is -3.39. The van der Waals surface area contributed by atoms with Crippen LogP contribution in [0.2, 0.25) is 0 Å². The van der Waals surface area contributed by atoms with Gasteiger partial charge in [-0.3, -0.25) is 9.78 Å². The average Bonchev–Trinajstić information content (AvgIpc) is 3.32. The Morgan fingerprint density at radius 1 is 1.09 bits per heavy atom. The van der Waals surface area contributed by atoms with Crippen molar-refractivity contribution in [3.8, 4) is 16.9 Å². The van der Waals surface area contributed by atoms with Gasteiger partial charge in [0.15, 0.2) is 6.61 Å². The van der Waals surface area contributed by atoms with Crippen molar-refractivity contribution in [1.29, 1.82) is 0 Å². The summed E-state index contributed by atoms with van der Waals surface area (Å²) < 4.78 is 71.1. The van der Waals surface area contributed by atoms with Crippen molar-refractivity contribution in [3.63, 3.8) is 0 Å². The molecule has 1 aromatic carbocycles. The number of ether oxygens (including phenoxy) is 1. The van der Waals surface area contributed by atoms with Crippen molar-refractivity contribution >= 4 is 18.4 Å². The van der Waals surface area contributed by atoms with Crippen LogP contribution in [0.3, 0.4) is 0 Å². The van der Waals surface area contributed by atoms with Crippen molar-refractivity contribution in [3.05, 3.63) is 54.6 Å². The zero-order valence-corrected chi connectivity index (χ0v) is 17.9. The zero-order valence-electron chi connectivity index (χ0n) is 17.1. The molecule has 3 N–H and O–H groups in total. The first kappa shape index (κ1) is 26.9. The Kier molecular flexibility index (Phi) is 8.45. The lowest BCUT2D eigenvalue weighted by Gasteiger charge is -2.28. The van der Waals surface area contributed by atoms with Gasteiger partial charge in [-0.05, 0) is 34.2 Å². The van der Waals surface area contributed by atoms with Gasteiger partial charge in [-0.2, -0.15) is 26.6 Å². The van der Waals surface area contributed by atoms with Crippen molar-refractivity contribution in [2.24, 2.45) is 11.7 Å². The van der Waals surface area contributed by atoms with Gasteiger partial charge >= 0.3 is 18.2 Å². The number of carbonyl (C=O) groups is 1. The third-order valence-corrected chi connectivity index (χ3v) is 4.66. The van der Waals surface area contributed by atoms with Crippen molar-refractivity contribution in [1.82, 2.24) is 25.2 Å². The minimum absolute atomic E-state index is 0. The predicted molar refractivity (Wildman–Crippen MR) is 109 cm³/mol. The fraction of sp³-hybridized carbons (Fsp3) is 0.316. The Bertz CT molecular complexity index is 1070. The number of aliphatic carboxylic acids is 1. The maximum absolute atomic E-state index is 14.8. The van der Waals surface area contributed by atoms with Gasteiger partial charge in [-0.25, -0.2) is 0 Å². The van der Waals surface area contributed by atoms with E-state index < -0.39 is 43.2 Å². The number of alkyl halides is 5. The van der Waals surface area contributed by atoms with Gasteiger partial charge in [0.05, 0.1) is 5.92 Å². The molecule has 0 fully saturated rings. The number of nitrogens with two attached hydrogens (primary N) is 1. The molecule has 0 aliphatic carbocycles. The van der Waals surface area contributed by atoms with Crippen LogP contribution in [-0.4, -0.2) is 55.1 Å². The lowest BCUT2D eigenvalue weighted by atomic mass is 9.92. The number of halogens is 6. The van der Waals surface area contributed by atoms with Crippen LogP contribution >= 0.6 is 12.4 Å². The van der Waals surface area contributed by atoms with E-state index in [1.54, 1.807) is 6.07 Å². The van der Waals surface area contributed by atoms with Gasteiger partial charge in [-0.1, -0.05) is 18.2 Å². The molecule has 184 valence electrons. The summed E-state index contributed by atoms with van der Waals surface area (Å²) in [6.45, 7) is -1.42. The highest BCUT2D eigenvalue weighted by Crippen LogP contribution is 2.34. The van der Waals surface area contributed by atoms with E-state index in [-0.39, 0.29) is 28.5 Å². The molecule has 0 amide bonds. The summed E-state index contributed by atoms with van der Waals surface area (Å²) in [5.74, 6) is -3.52. The topological polar surface area (TPSA) is 129 Å². The van der Waals surface area contributed by atoms with E-state index in [4.69, 9.17) is 5.73 Å². The van der Waals surface area contributed by atoms with E-state index in [1.807, 2.05) is 0 Å². The van der Waals surface area contributed by atoms with Crippen molar-refractivity contribution in [2.45, 2.75) is 24.7 Å². The fourth-order valence-electron chi connectivity index (χ4n) is 2.96. The summed E-state index contributed by atoms with van der Waals surface area (Å²) in [6.07, 6.45) is -2.94. The third-order valence-electron chi connectivity index (χ3n) is 4.66. The molecule has 15 heteroatoms. The van der Waals surface area contributed by atoms with Gasteiger partial charge in [0.1, 0.15) is 18.1 Å². The average molecular weight is 509 g/mol. The molecule has 0 bridgehead atoms. The molecule has 3 aromatic rings. The van der Waals surface area contributed by atoms with Crippen LogP contribution in [0.5, 0.6) is 5.75 Å². The zero-order chi connectivity index (χ0) is 24.2. The highest BCUT2D eigenvalue weighted by molar-refractivity contribution is 5.85. The predicted octanol–water partition coefficient (Wildman–Crippen LogP) is 2.92. The number of hydrogen-bond donors (Lipinski definition) is 2. The molecular weight excluding hydrogens is 491 g/mol. The number of nitrogens with zero attached hydrogens (tertiary/aromatic N) is 5. The standard InChI is InChI=1S/C19H17F5N6O3.ClH/c20-18(21,22)9-33-14-5-2-11(3-6-14)12-1-4-13(26-8-12)7-15(16(25)17(31)32)19(23,24)30-10-27-28-29-30;/h1-6,8,10,15-16H,7,9,25H2,(H,31,32);1H. The van der Waals surface area contributed by atoms with Gasteiger partial charge in [0.2, 0.25) is 0 Å². The number of hydrogen-bond acceptors (Lipinski definition) is 7. The van der Waals surface area contributed by atoms with Crippen LogP contribution in [0.15, 0.2) is 48.9 Å². The number of aromatic nitrogens is 5. The molecule has 0 saturated carbocycles. The molecule has 0 aliphatic heterocycles. The van der Waals surface area contributed by atoms with E-state index in [0.717, 1.165) is 0 Å². The largest absolute Gasteiger partial charge is 0.484 e. The van der Waals surface area contributed by atoms with Gasteiger partial charge in [-0.15, -0.1) is 17.5 Å². The van der Waals surface area contributed by atoms with Gasteiger partial charge in [0, 0.05) is 23.9 Å². The molecule has 2 heterocycles. The Morgan fingerprint density at radius 3 is 2.24 bits per heavy atom. The maximum atomic E-state index is 14.8. The number of tetrazole rings is 1. The molecule has 0 saturated heterocycles. The van der Waals surface area contributed by atoms with Crippen LogP contribution in [0.25, 0.3) is 11.1 Å². The van der Waals surface area contributed by atoms with E-state index in [2.05, 4.69) is 25.2 Å². The van der Waals surface area contributed by atoms with Crippen LogP contribution in [0, 0.1) is 5.92 Å². The van der Waals surface area contributed by atoms with E-state index in [0.29, 0.717) is 17.5 Å². The molecule has 2 unspecified atom stereocenters. The number of rotatable bonds is 9. The maximum Gasteiger partial charge on any atom is 0.422 e. The van der Waals surface area contributed by atoms with Crippen LogP contribution in [0.1, 0.15) is 5.69 Å². The Labute approximate surface area is 195 Å². The quantitative estimate of drug-likeness (QED) is 0.422. The van der Waals surface area contributed by atoms with Crippen LogP contribution in [-0.2, 0) is 17.3 Å². The summed E-state index contributed by atoms with van der Waals surface area (Å²) >= 11 is 0. The van der Waals surface area contributed by atoms with Gasteiger partial charge < -0.3 is 15.6 Å². The summed E-state index contributed by atoms with van der Waals surface area (Å²) in [5, 5.41) is 18.6. The number of carboxylic acid groups (broad SMARTS) is 1. The molecule has 0 radical (unpaired) electrons. The van der Waals surface area contributed by atoms with Crippen molar-refractivity contribution < 1.29 is 36.6 Å². The molecule has 2 atom stereocenters. The lowest BCUT2D eigenvalue weighted by molar-refractivity contribution is -0.167. The molecule has 2 aromatic heterocycles. The van der Waals surface area contributed by atoms with E-state index in [1.165, 1.54) is 36.5 Å². The lowest BCUT2D eigenvalue weighted by Crippen LogP contribution is -2.49. The minimum Gasteiger partial charge on any atom is -0.484 e. The normalized spacial score (nSPS) is 13.6. The number of benzene rings is 1. The highest BCUT2D eigenvalue weighted by atomic mass is 35.5. The Balaban J connectivity index is 0.00000408. The molecular formula is C19H18ClF5N6O3. The smallest absolute Gasteiger partial charge is 0.422 e. The second-order valence-corrected chi connectivity index (χ2v) is 6.98. The SMILES string of the molecule is Cl.NC(C(=O)O)C(Cc1ccc(-c2ccc(OCC(F)(F)F)cc2)cn1)C(F)(F)n1cnnn1. The first-order valence-corrected chi connectivity index (χ1v) is 9.32.